The molecule has 0 aromatic heterocycles. The number of carbonyl (C=O) groups is 1. The van der Waals surface area contributed by atoms with Crippen LogP contribution < -0.4 is 14.8 Å². The van der Waals surface area contributed by atoms with Crippen LogP contribution in [0.15, 0.2) is 24.3 Å². The number of hydrogen-bond donors (Lipinski definition) is 2. The molecule has 6 nitrogen and oxygen atoms in total. The number of fused-ring (bicyclic) bond motifs is 1. The zero-order valence-corrected chi connectivity index (χ0v) is 10.7. The van der Waals surface area contributed by atoms with Crippen LogP contribution in [0.1, 0.15) is 6.92 Å². The van der Waals surface area contributed by atoms with E-state index in [9.17, 15) is 9.90 Å². The lowest BCUT2D eigenvalue weighted by Gasteiger charge is -2.30. The number of alkyl carbamates (subject to hydrolysis) is 1. The summed E-state index contributed by atoms with van der Waals surface area (Å²) in [7, 11) is 0. The van der Waals surface area contributed by atoms with Gasteiger partial charge in [-0.05, 0) is 19.1 Å². The highest BCUT2D eigenvalue weighted by Crippen LogP contribution is 2.31. The predicted octanol–water partition coefficient (Wildman–Crippen LogP) is 0.933. The van der Waals surface area contributed by atoms with E-state index in [1.54, 1.807) is 19.1 Å². The molecule has 0 radical (unpaired) electrons. The van der Waals surface area contributed by atoms with Gasteiger partial charge in [-0.2, -0.15) is 0 Å². The molecule has 0 spiro atoms. The number of hydrogen-bond acceptors (Lipinski definition) is 5. The highest BCUT2D eigenvalue weighted by atomic mass is 16.6. The summed E-state index contributed by atoms with van der Waals surface area (Å²) in [5.74, 6) is 1.23. The molecule has 1 aromatic rings. The minimum absolute atomic E-state index is 0.224. The van der Waals surface area contributed by atoms with Crippen LogP contribution in [0.5, 0.6) is 11.5 Å². The lowest BCUT2D eigenvalue weighted by atomic mass is 10.2. The van der Waals surface area contributed by atoms with Crippen LogP contribution in [0.4, 0.5) is 4.79 Å². The van der Waals surface area contributed by atoms with Crippen LogP contribution >= 0.6 is 0 Å². The van der Waals surface area contributed by atoms with Crippen molar-refractivity contribution >= 4 is 6.09 Å². The Labute approximate surface area is 111 Å². The Hall–Kier alpha value is -1.95. The van der Waals surface area contributed by atoms with Crippen LogP contribution in [0.3, 0.4) is 0 Å². The van der Waals surface area contributed by atoms with Crippen molar-refractivity contribution in [1.29, 1.82) is 0 Å². The molecule has 1 amide bonds. The number of ether oxygens (including phenoxy) is 3. The van der Waals surface area contributed by atoms with Crippen molar-refractivity contribution in [2.75, 3.05) is 19.8 Å². The van der Waals surface area contributed by atoms with E-state index in [0.29, 0.717) is 18.0 Å². The Morgan fingerprint density at radius 1 is 1.53 bits per heavy atom. The molecule has 1 aromatic carbocycles. The average molecular weight is 267 g/mol. The second-order valence-corrected chi connectivity index (χ2v) is 4.07. The largest absolute Gasteiger partial charge is 0.486 e. The fourth-order valence-corrected chi connectivity index (χ4v) is 1.77. The molecular formula is C13H17NO5. The maximum absolute atomic E-state index is 11.4. The molecule has 19 heavy (non-hydrogen) atoms. The molecule has 1 heterocycles. The summed E-state index contributed by atoms with van der Waals surface area (Å²) in [6, 6.07) is 7.23. The maximum Gasteiger partial charge on any atom is 0.407 e. The third-order valence-electron chi connectivity index (χ3n) is 2.70. The van der Waals surface area contributed by atoms with Gasteiger partial charge in [0, 0.05) is 6.54 Å². The minimum atomic E-state index is -0.764. The van der Waals surface area contributed by atoms with Gasteiger partial charge in [-0.3, -0.25) is 0 Å². The molecule has 1 aliphatic heterocycles. The minimum Gasteiger partial charge on any atom is -0.486 e. The zero-order valence-electron chi connectivity index (χ0n) is 10.7. The molecule has 0 saturated carbocycles. The quantitative estimate of drug-likeness (QED) is 0.848. The first kappa shape index (κ1) is 13.5. The van der Waals surface area contributed by atoms with E-state index >= 15 is 0 Å². The summed E-state index contributed by atoms with van der Waals surface area (Å²) in [6.45, 7) is 2.14. The molecule has 104 valence electrons. The summed E-state index contributed by atoms with van der Waals surface area (Å²) >= 11 is 0. The highest BCUT2D eigenvalue weighted by Gasteiger charge is 2.31. The van der Waals surface area contributed by atoms with Crippen LogP contribution in [0.2, 0.25) is 0 Å². The second-order valence-electron chi connectivity index (χ2n) is 4.07. The number of para-hydroxylation sites is 2. The van der Waals surface area contributed by atoms with E-state index in [4.69, 9.17) is 14.2 Å². The summed E-state index contributed by atoms with van der Waals surface area (Å²) in [6.07, 6.45) is -1.87. The number of amides is 1. The smallest absolute Gasteiger partial charge is 0.407 e. The topological polar surface area (TPSA) is 77.0 Å². The highest BCUT2D eigenvalue weighted by molar-refractivity contribution is 5.67. The SMILES string of the molecule is CCNC(=O)OC(CO)C1COc2ccccc2O1. The molecule has 0 fully saturated rings. The van der Waals surface area contributed by atoms with Gasteiger partial charge in [-0.15, -0.1) is 0 Å². The Morgan fingerprint density at radius 2 is 2.26 bits per heavy atom. The van der Waals surface area contributed by atoms with Gasteiger partial charge in [-0.1, -0.05) is 12.1 Å². The summed E-state index contributed by atoms with van der Waals surface area (Å²) < 4.78 is 16.3. The molecular weight excluding hydrogens is 250 g/mol. The Morgan fingerprint density at radius 3 is 2.95 bits per heavy atom. The number of carbonyl (C=O) groups excluding carboxylic acids is 1. The van der Waals surface area contributed by atoms with E-state index in [-0.39, 0.29) is 13.2 Å². The van der Waals surface area contributed by atoms with E-state index in [1.165, 1.54) is 0 Å². The molecule has 0 aliphatic carbocycles. The number of nitrogens with one attached hydrogen (secondary N) is 1. The first-order valence-corrected chi connectivity index (χ1v) is 6.18. The van der Waals surface area contributed by atoms with Crippen LogP contribution in [-0.4, -0.2) is 43.2 Å². The molecule has 0 saturated heterocycles. The maximum atomic E-state index is 11.4. The molecule has 6 heteroatoms. The van der Waals surface area contributed by atoms with Crippen LogP contribution in [0, 0.1) is 0 Å². The molecule has 2 unspecified atom stereocenters. The van der Waals surface area contributed by atoms with Crippen LogP contribution in [0.25, 0.3) is 0 Å². The summed E-state index contributed by atoms with van der Waals surface area (Å²) in [4.78, 5) is 11.4. The Balaban J connectivity index is 1.99. The molecule has 0 bridgehead atoms. The van der Waals surface area contributed by atoms with Gasteiger partial charge >= 0.3 is 6.09 Å². The van der Waals surface area contributed by atoms with Gasteiger partial charge in [0.05, 0.1) is 6.61 Å². The summed E-state index contributed by atoms with van der Waals surface area (Å²) in [5.41, 5.74) is 0. The van der Waals surface area contributed by atoms with Gasteiger partial charge in [-0.25, -0.2) is 4.79 Å². The van der Waals surface area contributed by atoms with Gasteiger partial charge < -0.3 is 24.6 Å². The lowest BCUT2D eigenvalue weighted by Crippen LogP contribution is -2.45. The second kappa shape index (κ2) is 6.29. The Kier molecular flexibility index (Phi) is 4.46. The van der Waals surface area contributed by atoms with Crippen molar-refractivity contribution in [2.24, 2.45) is 0 Å². The lowest BCUT2D eigenvalue weighted by molar-refractivity contribution is -0.0427. The predicted molar refractivity (Wildman–Crippen MR) is 67.4 cm³/mol. The third-order valence-corrected chi connectivity index (χ3v) is 2.70. The Bertz CT molecular complexity index is 437. The fourth-order valence-electron chi connectivity index (χ4n) is 1.77. The van der Waals surface area contributed by atoms with Crippen molar-refractivity contribution < 1.29 is 24.1 Å². The molecule has 2 rings (SSSR count). The van der Waals surface area contributed by atoms with Crippen molar-refractivity contribution in [1.82, 2.24) is 5.32 Å². The number of rotatable bonds is 4. The number of aliphatic hydroxyl groups excluding tert-OH is 1. The van der Waals surface area contributed by atoms with Gasteiger partial charge in [0.15, 0.2) is 23.7 Å². The van der Waals surface area contributed by atoms with E-state index in [0.717, 1.165) is 0 Å². The van der Waals surface area contributed by atoms with Crippen molar-refractivity contribution in [3.8, 4) is 11.5 Å². The molecule has 2 N–H and O–H groups in total. The molecule has 1 aliphatic rings. The van der Waals surface area contributed by atoms with Crippen LogP contribution in [-0.2, 0) is 4.74 Å². The first-order valence-electron chi connectivity index (χ1n) is 6.18. The standard InChI is InChI=1S/C13H17NO5/c1-2-14-13(16)19-11(7-15)12-8-17-9-5-3-4-6-10(9)18-12/h3-6,11-12,15H,2,7-8H2,1H3,(H,14,16). The monoisotopic (exact) mass is 267 g/mol. The van der Waals surface area contributed by atoms with E-state index in [2.05, 4.69) is 5.32 Å². The average Bonchev–Trinajstić information content (AvgIpc) is 2.44. The fraction of sp³-hybridized carbons (Fsp3) is 0.462. The first-order chi connectivity index (χ1) is 9.24. The van der Waals surface area contributed by atoms with Crippen molar-refractivity contribution in [2.45, 2.75) is 19.1 Å². The number of aliphatic hydroxyl groups is 1. The van der Waals surface area contributed by atoms with E-state index < -0.39 is 18.3 Å². The van der Waals surface area contributed by atoms with Crippen molar-refractivity contribution in [3.05, 3.63) is 24.3 Å². The number of benzene rings is 1. The summed E-state index contributed by atoms with van der Waals surface area (Å²) in [5, 5.41) is 11.8. The van der Waals surface area contributed by atoms with Gasteiger partial charge in [0.25, 0.3) is 0 Å². The van der Waals surface area contributed by atoms with Gasteiger partial charge in [0.1, 0.15) is 6.61 Å². The van der Waals surface area contributed by atoms with E-state index in [1.807, 2.05) is 12.1 Å². The molecule has 2 atom stereocenters. The zero-order chi connectivity index (χ0) is 13.7. The third kappa shape index (κ3) is 3.29. The normalized spacial score (nSPS) is 18.5. The van der Waals surface area contributed by atoms with Gasteiger partial charge in [0.2, 0.25) is 0 Å². The van der Waals surface area contributed by atoms with Crippen molar-refractivity contribution in [3.63, 3.8) is 0 Å².